The monoisotopic (exact) mass is 392 g/mol. The molecular weight excluding hydrogens is 376 g/mol. The summed E-state index contributed by atoms with van der Waals surface area (Å²) in [6, 6.07) is 20.5. The van der Waals surface area contributed by atoms with E-state index in [4.69, 9.17) is 0 Å². The van der Waals surface area contributed by atoms with Gasteiger partial charge in [-0.15, -0.1) is 0 Å². The van der Waals surface area contributed by atoms with Crippen LogP contribution in [0.2, 0.25) is 0 Å². The van der Waals surface area contributed by atoms with E-state index in [2.05, 4.69) is 24.8 Å². The van der Waals surface area contributed by atoms with Crippen molar-refractivity contribution in [3.8, 4) is 28.7 Å². The summed E-state index contributed by atoms with van der Waals surface area (Å²) < 4.78 is 27.1. The molecule has 0 aliphatic carbocycles. The average molecular weight is 392 g/mol. The maximum absolute atomic E-state index is 11.7. The van der Waals surface area contributed by atoms with Gasteiger partial charge in [-0.05, 0) is 0 Å². The molecule has 0 spiro atoms. The van der Waals surface area contributed by atoms with Crippen LogP contribution < -0.4 is 4.72 Å². The van der Waals surface area contributed by atoms with E-state index in [1.807, 2.05) is 60.7 Å². The smallest absolute Gasteiger partial charge is 0.256 e. The van der Waals surface area contributed by atoms with Crippen LogP contribution in [0.5, 0.6) is 0 Å². The van der Waals surface area contributed by atoms with E-state index in [9.17, 15) is 8.42 Å². The van der Waals surface area contributed by atoms with E-state index >= 15 is 0 Å². The average Bonchev–Trinajstić information content (AvgIpc) is 3.15. The van der Waals surface area contributed by atoms with Gasteiger partial charge in [-0.1, -0.05) is 60.7 Å². The first-order valence-corrected chi connectivity index (χ1v) is 10.3. The predicted octanol–water partition coefficient (Wildman–Crippen LogP) is 2.76. The number of rotatable bonds is 5. The fraction of sp³-hybridized carbons (Fsp3) is 0.0526. The topological polar surface area (TPSA) is 103 Å². The highest BCUT2D eigenvalue weighted by molar-refractivity contribution is 7.92. The molecule has 4 aromatic rings. The Hall–Kier alpha value is -3.59. The summed E-state index contributed by atoms with van der Waals surface area (Å²) in [4.78, 5) is 13.6. The lowest BCUT2D eigenvalue weighted by atomic mass is 10.2. The van der Waals surface area contributed by atoms with Gasteiger partial charge in [-0.3, -0.25) is 4.72 Å². The molecule has 2 aromatic carbocycles. The summed E-state index contributed by atoms with van der Waals surface area (Å²) in [6.07, 6.45) is 2.55. The molecule has 0 fully saturated rings. The van der Waals surface area contributed by atoms with Gasteiger partial charge in [0, 0.05) is 17.2 Å². The van der Waals surface area contributed by atoms with Crippen LogP contribution >= 0.6 is 0 Å². The molecule has 0 saturated carbocycles. The molecule has 0 aliphatic heterocycles. The third-order valence-electron chi connectivity index (χ3n) is 3.81. The zero-order valence-corrected chi connectivity index (χ0v) is 15.7. The van der Waals surface area contributed by atoms with Gasteiger partial charge in [0.05, 0.1) is 12.5 Å². The highest BCUT2D eigenvalue weighted by Gasteiger charge is 2.16. The third kappa shape index (κ3) is 3.89. The van der Waals surface area contributed by atoms with Crippen LogP contribution in [0.3, 0.4) is 0 Å². The van der Waals surface area contributed by atoms with Gasteiger partial charge >= 0.3 is 0 Å². The van der Waals surface area contributed by atoms with Crippen LogP contribution in [-0.4, -0.2) is 39.4 Å². The first kappa shape index (κ1) is 17.8. The van der Waals surface area contributed by atoms with Crippen molar-refractivity contribution in [2.24, 2.45) is 0 Å². The number of nitrogens with one attached hydrogen (secondary N) is 1. The van der Waals surface area contributed by atoms with Crippen molar-refractivity contribution in [2.45, 2.75) is 0 Å². The fourth-order valence-electron chi connectivity index (χ4n) is 2.62. The molecule has 9 heteroatoms. The minimum absolute atomic E-state index is 0.212. The SMILES string of the molecule is CS(=O)(=O)Nc1ccnn1-c1nc(-c2ccccc2)nc(-c2ccccc2)n1. The van der Waals surface area contributed by atoms with Crippen molar-refractivity contribution >= 4 is 15.8 Å². The lowest BCUT2D eigenvalue weighted by Crippen LogP contribution is -2.15. The second kappa shape index (κ2) is 7.20. The normalized spacial score (nSPS) is 11.3. The Labute approximate surface area is 162 Å². The number of hydrogen-bond acceptors (Lipinski definition) is 6. The van der Waals surface area contributed by atoms with Crippen molar-refractivity contribution in [2.75, 3.05) is 11.0 Å². The molecule has 0 saturated heterocycles. The summed E-state index contributed by atoms with van der Waals surface area (Å²) in [5, 5.41) is 4.18. The van der Waals surface area contributed by atoms with Crippen molar-refractivity contribution in [1.82, 2.24) is 24.7 Å². The summed E-state index contributed by atoms with van der Waals surface area (Å²) in [5.41, 5.74) is 1.63. The Morgan fingerprint density at radius 2 is 1.32 bits per heavy atom. The van der Waals surface area contributed by atoms with Gasteiger partial charge in [0.1, 0.15) is 5.82 Å². The minimum Gasteiger partial charge on any atom is -0.267 e. The molecule has 2 heterocycles. The highest BCUT2D eigenvalue weighted by Crippen LogP contribution is 2.22. The quantitative estimate of drug-likeness (QED) is 0.560. The number of sulfonamides is 1. The third-order valence-corrected chi connectivity index (χ3v) is 4.39. The Balaban J connectivity index is 1.90. The van der Waals surface area contributed by atoms with Crippen molar-refractivity contribution in [3.05, 3.63) is 72.9 Å². The van der Waals surface area contributed by atoms with Gasteiger partial charge in [0.25, 0.3) is 5.95 Å². The predicted molar refractivity (Wildman–Crippen MR) is 106 cm³/mol. The Morgan fingerprint density at radius 1 is 0.786 bits per heavy atom. The van der Waals surface area contributed by atoms with E-state index in [1.54, 1.807) is 0 Å². The minimum atomic E-state index is -3.48. The highest BCUT2D eigenvalue weighted by atomic mass is 32.2. The molecule has 0 amide bonds. The number of anilines is 1. The summed E-state index contributed by atoms with van der Waals surface area (Å²) in [5.74, 6) is 1.38. The fourth-order valence-corrected chi connectivity index (χ4v) is 3.16. The van der Waals surface area contributed by atoms with Crippen molar-refractivity contribution in [3.63, 3.8) is 0 Å². The molecule has 8 nitrogen and oxygen atoms in total. The second-order valence-electron chi connectivity index (χ2n) is 6.02. The molecule has 1 N–H and O–H groups in total. The van der Waals surface area contributed by atoms with E-state index < -0.39 is 10.0 Å². The molecule has 0 radical (unpaired) electrons. The largest absolute Gasteiger partial charge is 0.267 e. The lowest BCUT2D eigenvalue weighted by Gasteiger charge is -2.10. The molecule has 0 aliphatic rings. The number of nitrogens with zero attached hydrogens (tertiary/aromatic N) is 5. The summed E-state index contributed by atoms with van der Waals surface area (Å²) in [6.45, 7) is 0. The maximum atomic E-state index is 11.7. The molecular formula is C19H16N6O2S. The van der Waals surface area contributed by atoms with Crippen molar-refractivity contribution < 1.29 is 8.42 Å². The number of benzene rings is 2. The summed E-state index contributed by atoms with van der Waals surface area (Å²) in [7, 11) is -3.48. The zero-order chi connectivity index (χ0) is 19.6. The first-order chi connectivity index (χ1) is 13.5. The van der Waals surface area contributed by atoms with Crippen LogP contribution in [-0.2, 0) is 10.0 Å². The molecule has 4 rings (SSSR count). The Bertz CT molecular complexity index is 1150. The maximum Gasteiger partial charge on any atom is 0.256 e. The molecule has 2 aromatic heterocycles. The van der Waals surface area contributed by atoms with Crippen LogP contribution in [0.4, 0.5) is 5.82 Å². The van der Waals surface area contributed by atoms with Crippen LogP contribution in [0, 0.1) is 0 Å². The Morgan fingerprint density at radius 3 is 1.82 bits per heavy atom. The van der Waals surface area contributed by atoms with Gasteiger partial charge in [0.2, 0.25) is 10.0 Å². The second-order valence-corrected chi connectivity index (χ2v) is 7.77. The molecule has 0 bridgehead atoms. The van der Waals surface area contributed by atoms with Gasteiger partial charge in [-0.25, -0.2) is 13.4 Å². The van der Waals surface area contributed by atoms with E-state index in [-0.39, 0.29) is 11.8 Å². The van der Waals surface area contributed by atoms with Gasteiger partial charge in [-0.2, -0.15) is 19.7 Å². The first-order valence-electron chi connectivity index (χ1n) is 8.39. The van der Waals surface area contributed by atoms with Gasteiger partial charge in [0.15, 0.2) is 11.6 Å². The van der Waals surface area contributed by atoms with Crippen molar-refractivity contribution in [1.29, 1.82) is 0 Å². The lowest BCUT2D eigenvalue weighted by molar-refractivity contribution is 0.606. The summed E-state index contributed by atoms with van der Waals surface area (Å²) >= 11 is 0. The Kier molecular flexibility index (Phi) is 4.58. The van der Waals surface area contributed by atoms with Crippen LogP contribution in [0.1, 0.15) is 0 Å². The standard InChI is InChI=1S/C19H16N6O2S/c1-28(26,27)24-16-12-13-20-25(16)19-22-17(14-8-4-2-5-9-14)21-18(23-19)15-10-6-3-7-11-15/h2-13,24H,1H3. The molecule has 0 unspecified atom stereocenters. The van der Waals surface area contributed by atoms with Gasteiger partial charge < -0.3 is 0 Å². The molecule has 28 heavy (non-hydrogen) atoms. The number of hydrogen-bond donors (Lipinski definition) is 1. The molecule has 0 atom stereocenters. The zero-order valence-electron chi connectivity index (χ0n) is 14.9. The van der Waals surface area contributed by atoms with Crippen LogP contribution in [0.15, 0.2) is 72.9 Å². The van der Waals surface area contributed by atoms with E-state index in [1.165, 1.54) is 16.9 Å². The van der Waals surface area contributed by atoms with E-state index in [0.717, 1.165) is 17.4 Å². The number of aromatic nitrogens is 5. The molecule has 140 valence electrons. The van der Waals surface area contributed by atoms with E-state index in [0.29, 0.717) is 11.6 Å². The van der Waals surface area contributed by atoms with Crippen LogP contribution in [0.25, 0.3) is 28.7 Å².